The Morgan fingerprint density at radius 1 is 0.967 bits per heavy atom. The van der Waals surface area contributed by atoms with Gasteiger partial charge in [-0.2, -0.15) is 5.10 Å². The Morgan fingerprint density at radius 3 is 2.33 bits per heavy atom. The Bertz CT molecular complexity index is 1150. The number of carboxylic acid groups (broad SMARTS) is 1. The summed E-state index contributed by atoms with van der Waals surface area (Å²) in [6, 6.07) is 15.2. The molecule has 0 atom stereocenters. The number of aromatic nitrogens is 3. The normalized spacial score (nSPS) is 9.93. The summed E-state index contributed by atoms with van der Waals surface area (Å²) in [5.41, 5.74) is 3.29. The summed E-state index contributed by atoms with van der Waals surface area (Å²) in [5.74, 6) is 12.5. The number of carboxylic acids is 1. The van der Waals surface area contributed by atoms with Gasteiger partial charge in [-0.3, -0.25) is 0 Å². The predicted molar refractivity (Wildman–Crippen MR) is 116 cm³/mol. The highest BCUT2D eigenvalue weighted by Gasteiger charge is 2.11. The smallest absolute Gasteiger partial charge is 0.335 e. The van der Waals surface area contributed by atoms with Crippen LogP contribution in [0.4, 0.5) is 0 Å². The van der Waals surface area contributed by atoms with Gasteiger partial charge in [0.2, 0.25) is 0 Å². The maximum Gasteiger partial charge on any atom is 0.335 e. The van der Waals surface area contributed by atoms with Crippen molar-refractivity contribution in [2.24, 2.45) is 0 Å². The second kappa shape index (κ2) is 10.1. The van der Waals surface area contributed by atoms with Crippen molar-refractivity contribution in [1.82, 2.24) is 14.8 Å². The third-order valence-corrected chi connectivity index (χ3v) is 4.64. The first-order valence-electron chi connectivity index (χ1n) is 9.71. The van der Waals surface area contributed by atoms with E-state index >= 15 is 0 Å². The average molecular weight is 397 g/mol. The highest BCUT2D eigenvalue weighted by molar-refractivity contribution is 5.89. The third-order valence-electron chi connectivity index (χ3n) is 4.64. The molecule has 0 saturated heterocycles. The zero-order valence-electron chi connectivity index (χ0n) is 17.1. The van der Waals surface area contributed by atoms with Crippen molar-refractivity contribution in [3.05, 3.63) is 82.4 Å². The first-order valence-corrected chi connectivity index (χ1v) is 9.71. The van der Waals surface area contributed by atoms with Crippen LogP contribution in [-0.2, 0) is 25.8 Å². The molecule has 0 aliphatic heterocycles. The molecule has 0 bridgehead atoms. The molecule has 2 aromatic carbocycles. The summed E-state index contributed by atoms with van der Waals surface area (Å²) in [6.07, 6.45) is 1.65. The molecule has 0 aliphatic carbocycles. The summed E-state index contributed by atoms with van der Waals surface area (Å²) < 4.78 is 1.88. The predicted octanol–water partition coefficient (Wildman–Crippen LogP) is 3.75. The van der Waals surface area contributed by atoms with E-state index in [2.05, 4.69) is 33.8 Å². The first-order chi connectivity index (χ1) is 14.6. The SMILES string of the molecule is CC#CCc1nc(CC#CC)n(Cc2ccc(Cc3ccccc3C(=O)O)cc2)n1. The third kappa shape index (κ3) is 5.37. The van der Waals surface area contributed by atoms with Crippen LogP contribution in [0.1, 0.15) is 52.5 Å². The minimum atomic E-state index is -0.903. The van der Waals surface area contributed by atoms with E-state index in [4.69, 9.17) is 0 Å². The highest BCUT2D eigenvalue weighted by atomic mass is 16.4. The van der Waals surface area contributed by atoms with Crippen molar-refractivity contribution in [2.75, 3.05) is 0 Å². The molecule has 0 radical (unpaired) electrons. The van der Waals surface area contributed by atoms with Gasteiger partial charge < -0.3 is 5.11 Å². The molecule has 0 aliphatic rings. The van der Waals surface area contributed by atoms with Crippen LogP contribution in [0.2, 0.25) is 0 Å². The minimum Gasteiger partial charge on any atom is -0.478 e. The fourth-order valence-corrected chi connectivity index (χ4v) is 3.13. The van der Waals surface area contributed by atoms with Crippen LogP contribution in [0, 0.1) is 23.7 Å². The summed E-state index contributed by atoms with van der Waals surface area (Å²) in [7, 11) is 0. The largest absolute Gasteiger partial charge is 0.478 e. The lowest BCUT2D eigenvalue weighted by Gasteiger charge is -2.08. The number of hydrogen-bond acceptors (Lipinski definition) is 3. The number of aromatic carboxylic acids is 1. The number of nitrogens with zero attached hydrogens (tertiary/aromatic N) is 3. The summed E-state index contributed by atoms with van der Waals surface area (Å²) >= 11 is 0. The van der Waals surface area contributed by atoms with E-state index in [-0.39, 0.29) is 0 Å². The van der Waals surface area contributed by atoms with Crippen molar-refractivity contribution in [2.45, 2.75) is 39.7 Å². The first kappa shape index (κ1) is 20.9. The van der Waals surface area contributed by atoms with E-state index in [1.807, 2.05) is 48.0 Å². The lowest BCUT2D eigenvalue weighted by molar-refractivity contribution is 0.0696. The van der Waals surface area contributed by atoms with E-state index in [0.29, 0.717) is 37.2 Å². The number of benzene rings is 2. The molecule has 5 heteroatoms. The van der Waals surface area contributed by atoms with Gasteiger partial charge in [0, 0.05) is 0 Å². The quantitative estimate of drug-likeness (QED) is 0.617. The zero-order valence-corrected chi connectivity index (χ0v) is 17.1. The van der Waals surface area contributed by atoms with Crippen LogP contribution in [0.5, 0.6) is 0 Å². The maximum atomic E-state index is 11.4. The van der Waals surface area contributed by atoms with Gasteiger partial charge in [0.1, 0.15) is 5.82 Å². The number of rotatable bonds is 7. The summed E-state index contributed by atoms with van der Waals surface area (Å²) in [5, 5.41) is 13.9. The molecule has 1 aromatic heterocycles. The molecular formula is C25H23N3O2. The Kier molecular flexibility index (Phi) is 7.03. The van der Waals surface area contributed by atoms with Crippen LogP contribution < -0.4 is 0 Å². The van der Waals surface area contributed by atoms with Crippen molar-refractivity contribution < 1.29 is 9.90 Å². The van der Waals surface area contributed by atoms with Crippen LogP contribution in [0.25, 0.3) is 0 Å². The van der Waals surface area contributed by atoms with Crippen LogP contribution in [0.15, 0.2) is 48.5 Å². The fourth-order valence-electron chi connectivity index (χ4n) is 3.13. The molecule has 150 valence electrons. The Balaban J connectivity index is 1.77. The van der Waals surface area contributed by atoms with Crippen molar-refractivity contribution in [3.63, 3.8) is 0 Å². The van der Waals surface area contributed by atoms with Crippen LogP contribution >= 0.6 is 0 Å². The molecule has 30 heavy (non-hydrogen) atoms. The van der Waals surface area contributed by atoms with Crippen molar-refractivity contribution in [1.29, 1.82) is 0 Å². The van der Waals surface area contributed by atoms with Gasteiger partial charge in [0.05, 0.1) is 24.9 Å². The Morgan fingerprint density at radius 2 is 1.63 bits per heavy atom. The molecular weight excluding hydrogens is 374 g/mol. The lowest BCUT2D eigenvalue weighted by Crippen LogP contribution is -2.07. The zero-order chi connectivity index (χ0) is 21.3. The minimum absolute atomic E-state index is 0.341. The van der Waals surface area contributed by atoms with Gasteiger partial charge in [0.15, 0.2) is 5.82 Å². The van der Waals surface area contributed by atoms with Gasteiger partial charge >= 0.3 is 5.97 Å². The summed E-state index contributed by atoms with van der Waals surface area (Å²) in [6.45, 7) is 4.21. The van der Waals surface area contributed by atoms with Gasteiger partial charge in [-0.25, -0.2) is 14.5 Å². The summed E-state index contributed by atoms with van der Waals surface area (Å²) in [4.78, 5) is 16.0. The van der Waals surface area contributed by atoms with Gasteiger partial charge in [0.25, 0.3) is 0 Å². The fraction of sp³-hybridized carbons (Fsp3) is 0.240. The van der Waals surface area contributed by atoms with Crippen molar-refractivity contribution >= 4 is 5.97 Å². The van der Waals surface area contributed by atoms with Gasteiger partial charge in [-0.1, -0.05) is 54.3 Å². The molecule has 0 amide bonds. The lowest BCUT2D eigenvalue weighted by atomic mass is 9.99. The Hall–Kier alpha value is -3.83. The van der Waals surface area contributed by atoms with Gasteiger partial charge in [-0.05, 0) is 43.0 Å². The molecule has 5 nitrogen and oxygen atoms in total. The topological polar surface area (TPSA) is 68.0 Å². The highest BCUT2D eigenvalue weighted by Crippen LogP contribution is 2.16. The molecule has 0 spiro atoms. The second-order valence-electron chi connectivity index (χ2n) is 6.76. The molecule has 1 heterocycles. The number of carbonyl (C=O) groups is 1. The van der Waals surface area contributed by atoms with E-state index in [1.54, 1.807) is 19.1 Å². The van der Waals surface area contributed by atoms with E-state index in [9.17, 15) is 9.90 Å². The Labute approximate surface area is 176 Å². The molecule has 0 fully saturated rings. The molecule has 1 N–H and O–H groups in total. The average Bonchev–Trinajstić information content (AvgIpc) is 3.13. The van der Waals surface area contributed by atoms with E-state index in [1.165, 1.54) is 0 Å². The standard InChI is InChI=1S/C25H23N3O2/c1-3-5-11-23-26-24(12-6-4-2)28(27-23)18-20-15-13-19(14-16-20)17-21-9-7-8-10-22(21)25(29)30/h7-10,13-16H,11-12,17-18H2,1-2H3,(H,29,30). The van der Waals surface area contributed by atoms with E-state index in [0.717, 1.165) is 22.5 Å². The molecule has 3 aromatic rings. The van der Waals surface area contributed by atoms with Gasteiger partial charge in [-0.15, -0.1) is 11.8 Å². The molecule has 3 rings (SSSR count). The molecule has 0 unspecified atom stereocenters. The monoisotopic (exact) mass is 397 g/mol. The van der Waals surface area contributed by atoms with Crippen LogP contribution in [0.3, 0.4) is 0 Å². The van der Waals surface area contributed by atoms with Crippen molar-refractivity contribution in [3.8, 4) is 23.7 Å². The maximum absolute atomic E-state index is 11.4. The molecule has 0 saturated carbocycles. The van der Waals surface area contributed by atoms with E-state index < -0.39 is 5.97 Å². The number of hydrogen-bond donors (Lipinski definition) is 1. The van der Waals surface area contributed by atoms with Crippen LogP contribution in [-0.4, -0.2) is 25.8 Å². The second-order valence-corrected chi connectivity index (χ2v) is 6.76.